The summed E-state index contributed by atoms with van der Waals surface area (Å²) in [7, 11) is 0. The van der Waals surface area contributed by atoms with E-state index < -0.39 is 0 Å². The van der Waals surface area contributed by atoms with Gasteiger partial charge in [-0.1, -0.05) is 72.3 Å². The Morgan fingerprint density at radius 2 is 1.55 bits per heavy atom. The number of hydrogen-bond acceptors (Lipinski definition) is 4. The van der Waals surface area contributed by atoms with Gasteiger partial charge in [0.2, 0.25) is 0 Å². The molecule has 156 valence electrons. The summed E-state index contributed by atoms with van der Waals surface area (Å²) in [5.41, 5.74) is 9.87. The van der Waals surface area contributed by atoms with Crippen LogP contribution in [0.15, 0.2) is 84.0 Å². The minimum atomic E-state index is 0.0133. The number of amides is 1. The zero-order chi connectivity index (χ0) is 21.2. The van der Waals surface area contributed by atoms with Gasteiger partial charge < -0.3 is 4.90 Å². The van der Waals surface area contributed by atoms with Gasteiger partial charge in [-0.05, 0) is 24.6 Å². The van der Waals surface area contributed by atoms with Gasteiger partial charge in [-0.2, -0.15) is 5.10 Å². The Bertz CT molecular complexity index is 1100. The number of carbonyl (C=O) groups is 1. The molecule has 1 unspecified atom stereocenters. The van der Waals surface area contributed by atoms with Crippen molar-refractivity contribution in [3.8, 4) is 0 Å². The van der Waals surface area contributed by atoms with Crippen molar-refractivity contribution in [2.45, 2.75) is 13.1 Å². The lowest BCUT2D eigenvalue weighted by atomic mass is 9.94. The molecule has 0 saturated carbocycles. The van der Waals surface area contributed by atoms with Crippen LogP contribution in [0.3, 0.4) is 0 Å². The summed E-state index contributed by atoms with van der Waals surface area (Å²) in [5.74, 6) is 0.108. The molecule has 2 aliphatic heterocycles. The molecule has 0 aromatic heterocycles. The van der Waals surface area contributed by atoms with Crippen molar-refractivity contribution in [2.24, 2.45) is 5.10 Å². The number of piperazine rings is 1. The first-order valence-electron chi connectivity index (χ1n) is 10.8. The van der Waals surface area contributed by atoms with Gasteiger partial charge >= 0.3 is 0 Å². The van der Waals surface area contributed by atoms with Gasteiger partial charge in [0.15, 0.2) is 0 Å². The van der Waals surface area contributed by atoms with Crippen LogP contribution >= 0.6 is 0 Å². The van der Waals surface area contributed by atoms with Crippen LogP contribution in [0.5, 0.6) is 0 Å². The van der Waals surface area contributed by atoms with Crippen LogP contribution in [0.1, 0.15) is 38.8 Å². The standard InChI is InChI=1S/C26H26N4O/c1-19-11-13-20(14-12-19)24-22-9-5-6-10-23(22)25(28-27-24)29-15-17-30(18-16-29)26(31)21-7-3-2-4-8-21/h2-14,25,28H,15-18H2,1H3. The minimum absolute atomic E-state index is 0.0133. The van der Waals surface area contributed by atoms with Crippen molar-refractivity contribution >= 4 is 11.6 Å². The van der Waals surface area contributed by atoms with Gasteiger partial charge in [-0.3, -0.25) is 15.1 Å². The van der Waals surface area contributed by atoms with Crippen molar-refractivity contribution in [3.63, 3.8) is 0 Å². The topological polar surface area (TPSA) is 47.9 Å². The highest BCUT2D eigenvalue weighted by Gasteiger charge is 2.31. The van der Waals surface area contributed by atoms with Crippen molar-refractivity contribution in [2.75, 3.05) is 26.2 Å². The molecule has 0 aliphatic carbocycles. The maximum absolute atomic E-state index is 12.8. The predicted molar refractivity (Wildman–Crippen MR) is 123 cm³/mol. The van der Waals surface area contributed by atoms with E-state index in [0.717, 1.165) is 35.5 Å². The molecule has 5 rings (SSSR count). The number of benzene rings is 3. The summed E-state index contributed by atoms with van der Waals surface area (Å²) in [5, 5.41) is 4.77. The molecule has 0 bridgehead atoms. The molecule has 1 N–H and O–H groups in total. The summed E-state index contributed by atoms with van der Waals surface area (Å²) >= 11 is 0. The van der Waals surface area contributed by atoms with E-state index >= 15 is 0 Å². The van der Waals surface area contributed by atoms with Crippen molar-refractivity contribution in [3.05, 3.63) is 107 Å². The normalized spacial score (nSPS) is 18.7. The molecule has 1 fully saturated rings. The van der Waals surface area contributed by atoms with Gasteiger partial charge in [0.1, 0.15) is 6.17 Å². The maximum Gasteiger partial charge on any atom is 0.253 e. The largest absolute Gasteiger partial charge is 0.336 e. The molecule has 2 heterocycles. The zero-order valence-electron chi connectivity index (χ0n) is 17.7. The second kappa shape index (κ2) is 8.36. The Hall–Kier alpha value is -3.44. The smallest absolute Gasteiger partial charge is 0.253 e. The van der Waals surface area contributed by atoms with E-state index in [2.05, 4.69) is 65.8 Å². The summed E-state index contributed by atoms with van der Waals surface area (Å²) < 4.78 is 0. The van der Waals surface area contributed by atoms with Crippen LogP contribution in [0, 0.1) is 6.92 Å². The number of nitrogens with one attached hydrogen (secondary N) is 1. The van der Waals surface area contributed by atoms with Crippen molar-refractivity contribution in [1.29, 1.82) is 0 Å². The Balaban J connectivity index is 1.33. The average molecular weight is 411 g/mol. The molecule has 31 heavy (non-hydrogen) atoms. The number of hydrogen-bond donors (Lipinski definition) is 1. The van der Waals surface area contributed by atoms with Crippen LogP contribution < -0.4 is 5.43 Å². The molecule has 2 aliphatic rings. The van der Waals surface area contributed by atoms with Crippen molar-refractivity contribution in [1.82, 2.24) is 15.2 Å². The lowest BCUT2D eigenvalue weighted by molar-refractivity contribution is 0.0525. The van der Waals surface area contributed by atoms with Crippen molar-refractivity contribution < 1.29 is 4.79 Å². The minimum Gasteiger partial charge on any atom is -0.336 e. The fourth-order valence-electron chi connectivity index (χ4n) is 4.36. The van der Waals surface area contributed by atoms with E-state index in [1.807, 2.05) is 35.2 Å². The summed E-state index contributed by atoms with van der Waals surface area (Å²) in [4.78, 5) is 17.1. The lowest BCUT2D eigenvalue weighted by Gasteiger charge is -2.41. The lowest BCUT2D eigenvalue weighted by Crippen LogP contribution is -2.52. The van der Waals surface area contributed by atoms with Gasteiger partial charge in [0.05, 0.1) is 5.71 Å². The molecule has 1 atom stereocenters. The zero-order valence-corrected chi connectivity index (χ0v) is 17.7. The number of aryl methyl sites for hydroxylation is 1. The first-order chi connectivity index (χ1) is 15.2. The molecular weight excluding hydrogens is 384 g/mol. The first kappa shape index (κ1) is 19.5. The summed E-state index contributed by atoms with van der Waals surface area (Å²) in [6.45, 7) is 5.13. The Labute approximate surface area is 183 Å². The van der Waals surface area contributed by atoms with Gasteiger partial charge in [0, 0.05) is 42.9 Å². The predicted octanol–water partition coefficient (Wildman–Crippen LogP) is 3.81. The van der Waals surface area contributed by atoms with E-state index in [4.69, 9.17) is 5.10 Å². The number of rotatable bonds is 3. The number of hydrazone groups is 1. The third-order valence-corrected chi connectivity index (χ3v) is 6.12. The van der Waals surface area contributed by atoms with E-state index in [0.29, 0.717) is 13.1 Å². The van der Waals surface area contributed by atoms with E-state index in [9.17, 15) is 4.79 Å². The highest BCUT2D eigenvalue weighted by molar-refractivity contribution is 6.14. The second-order valence-electron chi connectivity index (χ2n) is 8.14. The fourth-order valence-corrected chi connectivity index (χ4v) is 4.36. The van der Waals surface area contributed by atoms with E-state index in [1.165, 1.54) is 11.1 Å². The molecule has 1 amide bonds. The average Bonchev–Trinajstić information content (AvgIpc) is 2.84. The van der Waals surface area contributed by atoms with Crippen LogP contribution in [-0.2, 0) is 0 Å². The second-order valence-corrected chi connectivity index (χ2v) is 8.14. The van der Waals surface area contributed by atoms with Gasteiger partial charge in [0.25, 0.3) is 5.91 Å². The molecule has 1 saturated heterocycles. The van der Waals surface area contributed by atoms with Gasteiger partial charge in [-0.25, -0.2) is 0 Å². The molecule has 3 aromatic carbocycles. The molecule has 5 heteroatoms. The summed E-state index contributed by atoms with van der Waals surface area (Å²) in [6.07, 6.45) is 0.0133. The molecule has 3 aromatic rings. The highest BCUT2D eigenvalue weighted by Crippen LogP contribution is 2.29. The molecule has 0 spiro atoms. The Morgan fingerprint density at radius 3 is 2.29 bits per heavy atom. The van der Waals surface area contributed by atoms with E-state index in [1.54, 1.807) is 0 Å². The maximum atomic E-state index is 12.8. The molecule has 5 nitrogen and oxygen atoms in total. The highest BCUT2D eigenvalue weighted by atomic mass is 16.2. The van der Waals surface area contributed by atoms with Gasteiger partial charge in [-0.15, -0.1) is 0 Å². The number of fused-ring (bicyclic) bond motifs is 1. The van der Waals surface area contributed by atoms with Crippen LogP contribution in [0.25, 0.3) is 0 Å². The molecular formula is C26H26N4O. The third-order valence-electron chi connectivity index (χ3n) is 6.12. The third kappa shape index (κ3) is 3.84. The Kier molecular flexibility index (Phi) is 5.26. The Morgan fingerprint density at radius 1 is 0.871 bits per heavy atom. The number of carbonyl (C=O) groups excluding carboxylic acids is 1. The SMILES string of the molecule is Cc1ccc(C2=NNC(N3CCN(C(=O)c4ccccc4)CC3)c3ccccc32)cc1. The summed E-state index contributed by atoms with van der Waals surface area (Å²) in [6, 6.07) is 26.5. The number of nitrogens with zero attached hydrogens (tertiary/aromatic N) is 3. The monoisotopic (exact) mass is 410 g/mol. The quantitative estimate of drug-likeness (QED) is 0.714. The fraction of sp³-hybridized carbons (Fsp3) is 0.231. The first-order valence-corrected chi connectivity index (χ1v) is 10.8. The van der Waals surface area contributed by atoms with Crippen LogP contribution in [0.2, 0.25) is 0 Å². The molecule has 0 radical (unpaired) electrons. The van der Waals surface area contributed by atoms with Crippen LogP contribution in [0.4, 0.5) is 0 Å². The van der Waals surface area contributed by atoms with Crippen LogP contribution in [-0.4, -0.2) is 47.6 Å². The van der Waals surface area contributed by atoms with E-state index in [-0.39, 0.29) is 12.1 Å².